The molecule has 0 spiro atoms. The highest BCUT2D eigenvalue weighted by Gasteiger charge is 2.51. The summed E-state index contributed by atoms with van der Waals surface area (Å²) in [6.45, 7) is 19.5. The van der Waals surface area contributed by atoms with Crippen LogP contribution in [0, 0.1) is 46.3 Å². The normalized spacial score (nSPS) is 16.6. The molecule has 1 aromatic carbocycles. The van der Waals surface area contributed by atoms with Gasteiger partial charge in [-0.15, -0.1) is 0 Å². The fourth-order valence-electron chi connectivity index (χ4n) is 14.5. The number of Topliss-reactive ketones (excluding diaryl/α,β-unsaturated/α-hetero) is 1. The number of aliphatic carboxylic acids is 2. The number of nitrogens with zero attached hydrogens (tertiary/aromatic N) is 2. The fraction of sp³-hybridized carbons (Fsp3) is 0.663. The van der Waals surface area contributed by atoms with Crippen molar-refractivity contribution in [2.75, 3.05) is 26.2 Å². The maximum atomic E-state index is 15.0. The summed E-state index contributed by atoms with van der Waals surface area (Å²) in [5.74, 6) is -24.4. The highest BCUT2D eigenvalue weighted by Crippen LogP contribution is 2.22. The van der Waals surface area contributed by atoms with E-state index >= 15 is 14.4 Å². The average Bonchev–Trinajstić information content (AvgIpc) is 0.860. The van der Waals surface area contributed by atoms with Gasteiger partial charge in [0.05, 0.1) is 37.3 Å². The molecule has 1 aliphatic rings. The fourth-order valence-corrected chi connectivity index (χ4v) is 14.5. The number of aromatic hydroxyl groups is 1. The molecule has 51 heteroatoms. The van der Waals surface area contributed by atoms with Gasteiger partial charge in [-0.1, -0.05) is 108 Å². The maximum Gasteiger partial charge on any atom is 0.328 e. The Morgan fingerprint density at radius 1 is 0.479 bits per heavy atom. The second-order valence-electron chi connectivity index (χ2n) is 36.8. The number of hydrogen-bond acceptors (Lipinski definition) is 30. The Morgan fingerprint density at radius 3 is 1.29 bits per heavy atom. The van der Waals surface area contributed by atoms with Gasteiger partial charge in [-0.2, -0.15) is 0 Å². The molecule has 2 rings (SSSR count). The van der Waals surface area contributed by atoms with E-state index in [-0.39, 0.29) is 139 Å². The number of carboxylic acid groups (broad SMARTS) is 2. The number of primary amides is 2. The Hall–Kier alpha value is -13.0. The minimum Gasteiger partial charge on any atom is -0.508 e. The molecule has 786 valence electrons. The number of aliphatic hydroxyl groups excluding tert-OH is 2. The number of aliphatic hydroxyl groups is 3. The Morgan fingerprint density at radius 2 is 0.871 bits per heavy atom. The number of unbranched alkanes of at least 4 members (excludes halogenated alkanes) is 1. The molecule has 0 fully saturated rings. The summed E-state index contributed by atoms with van der Waals surface area (Å²) in [7, 11) is 0. The first-order chi connectivity index (χ1) is 65.5. The van der Waals surface area contributed by atoms with Gasteiger partial charge in [0.2, 0.25) is 100 Å². The van der Waals surface area contributed by atoms with E-state index in [0.717, 1.165) is 13.3 Å². The van der Waals surface area contributed by atoms with Crippen LogP contribution in [0.15, 0.2) is 46.4 Å². The van der Waals surface area contributed by atoms with E-state index in [9.17, 15) is 103 Å². The van der Waals surface area contributed by atoms with E-state index in [1.54, 1.807) is 76.2 Å². The molecule has 0 saturated heterocycles. The van der Waals surface area contributed by atoms with Gasteiger partial charge in [-0.25, -0.2) is 14.6 Å². The number of benzene rings is 1. The Kier molecular flexibility index (Phi) is 54.6. The summed E-state index contributed by atoms with van der Waals surface area (Å²) in [5.41, 5.74) is 36.9. The number of ketones is 1. The number of rotatable bonds is 68. The third kappa shape index (κ3) is 45.3. The van der Waals surface area contributed by atoms with E-state index in [4.69, 9.17) is 51.0 Å². The SMILES string of the molecule is CC[C@H](C)[C@H](NC(=O)[C@H](CC(N)=O)NC(=O)[C@@H](N)Cc1ccc(O)cc1)C(=O)N[C@@H](CCC(N)=O)C(=O)N[C@@H](CCCCN)C(=O)NC(CO)C(O)(N[C@H](C(=O)N[C@@H](CC(C)C)C(=O)N[C@@H](CC1C=NC=N1)C(=O)N[C@@H](CC(C)C)C(=O)N[C@H](C(=O)N[C@@H](CC(C)C)C(=O)N[C@@H](CCCNC(=N)N)C(=O)N[C@@H](CC(C)C)C(=O)N[C@@H](CCCNC(=N)N)C(=O)O)C(C)C)[C@@H](C)O)C(=O)[C@@H](N)/C=C\C(=O)O. The van der Waals surface area contributed by atoms with E-state index < -0.39 is 270 Å². The van der Waals surface area contributed by atoms with Gasteiger partial charge in [0, 0.05) is 38.2 Å². The van der Waals surface area contributed by atoms with Crippen molar-refractivity contribution in [1.29, 1.82) is 10.8 Å². The first-order valence-electron chi connectivity index (χ1n) is 46.7. The molecular formula is C89H151N27O24. The van der Waals surface area contributed by atoms with E-state index in [1.165, 1.54) is 37.4 Å². The average molecular weight is 1980 g/mol. The number of carbonyl (C=O) groups excluding carboxylic acids is 16. The van der Waals surface area contributed by atoms with Gasteiger partial charge < -0.3 is 151 Å². The predicted molar refractivity (Wildman–Crippen MR) is 514 cm³/mol. The largest absolute Gasteiger partial charge is 0.508 e. The van der Waals surface area contributed by atoms with Crippen LogP contribution in [0.4, 0.5) is 0 Å². The van der Waals surface area contributed by atoms with Gasteiger partial charge in [-0.3, -0.25) is 97.8 Å². The minimum absolute atomic E-state index is 0.00426. The summed E-state index contributed by atoms with van der Waals surface area (Å²) >= 11 is 0. The zero-order valence-electron chi connectivity index (χ0n) is 81.8. The van der Waals surface area contributed by atoms with Crippen molar-refractivity contribution >= 4 is 131 Å². The number of nitrogens with one attached hydrogen (secondary N) is 18. The van der Waals surface area contributed by atoms with Crippen molar-refractivity contribution in [3.8, 4) is 5.75 Å². The summed E-state index contributed by atoms with van der Waals surface area (Å²) in [4.78, 5) is 261. The third-order valence-corrected chi connectivity index (χ3v) is 22.2. The number of carboxylic acids is 2. The molecule has 20 atom stereocenters. The van der Waals surface area contributed by atoms with Crippen molar-refractivity contribution in [3.63, 3.8) is 0 Å². The Bertz CT molecular complexity index is 4430. The molecule has 0 bridgehead atoms. The number of nitrogens with two attached hydrogens (primary N) is 7. The molecule has 1 aliphatic heterocycles. The Balaban J connectivity index is 2.72. The highest BCUT2D eigenvalue weighted by molar-refractivity contribution is 6.02. The van der Waals surface area contributed by atoms with Gasteiger partial charge in [0.15, 0.2) is 11.9 Å². The van der Waals surface area contributed by atoms with Crippen LogP contribution < -0.4 is 125 Å². The predicted octanol–water partition coefficient (Wildman–Crippen LogP) is -7.24. The van der Waals surface area contributed by atoms with Crippen LogP contribution in [0.1, 0.15) is 198 Å². The van der Waals surface area contributed by atoms with Gasteiger partial charge in [0.25, 0.3) is 0 Å². The van der Waals surface area contributed by atoms with Crippen molar-refractivity contribution in [2.24, 2.45) is 85.6 Å². The van der Waals surface area contributed by atoms with Gasteiger partial charge in [-0.05, 0) is 150 Å². The number of aliphatic imine (C=N–C) groups is 2. The van der Waals surface area contributed by atoms with Gasteiger partial charge in [0.1, 0.15) is 96.7 Å². The van der Waals surface area contributed by atoms with Gasteiger partial charge >= 0.3 is 11.9 Å². The third-order valence-electron chi connectivity index (χ3n) is 22.2. The molecule has 38 N–H and O–H groups in total. The van der Waals surface area contributed by atoms with E-state index in [2.05, 4.69) is 95.1 Å². The number of phenols is 1. The number of guanidine groups is 2. The number of hydrogen-bond donors (Lipinski definition) is 31. The molecule has 0 aromatic heterocycles. The summed E-state index contributed by atoms with van der Waals surface area (Å²) in [6, 6.07) is -22.5. The number of amides is 15. The molecule has 0 saturated carbocycles. The smallest absolute Gasteiger partial charge is 0.328 e. The lowest BCUT2D eigenvalue weighted by atomic mass is 9.91. The minimum atomic E-state index is -3.62. The Labute approximate surface area is 813 Å². The van der Waals surface area contributed by atoms with Crippen LogP contribution in [-0.4, -0.2) is 302 Å². The van der Waals surface area contributed by atoms with Crippen molar-refractivity contribution in [3.05, 3.63) is 42.0 Å². The molecule has 0 radical (unpaired) electrons. The number of phenolic OH excluding ortho intramolecular Hbond substituents is 1. The van der Waals surface area contributed by atoms with Crippen LogP contribution >= 0.6 is 0 Å². The second kappa shape index (κ2) is 62.2. The van der Waals surface area contributed by atoms with Crippen molar-refractivity contribution in [1.82, 2.24) is 85.1 Å². The lowest BCUT2D eigenvalue weighted by Crippen LogP contribution is -2.74. The van der Waals surface area contributed by atoms with Crippen molar-refractivity contribution in [2.45, 2.75) is 314 Å². The molecule has 3 unspecified atom stereocenters. The second-order valence-corrected chi connectivity index (χ2v) is 36.8. The standard InChI is InChI=1S/C89H151N27O24/c1-14-48(12)70(115-82(134)64(39-67(94)121)107-73(125)54(92)37-50-22-24-52(119)25-23-50)84(136)105-57(27-28-66(93)120)75(127)103-55(19-15-16-30-90)76(128)113-65(41-117)89(140,72(124)53(91)26-29-68(122)123)116-71(49(13)118)85(137)112-61(35-45(6)7)79(131)110-63(38-51-40-99-42-102-51)80(132)109-62(36-46(8)9)81(133)114-69(47(10)11)83(135)111-60(34-44(4)5)77(129)104-56(20-17-31-100-87(95)96)74(126)108-59(33-43(2)3)78(130)106-58(86(138)139)21-18-32-101-88(97)98/h22-26,29,40,42-49,51,53-65,69-71,116-119,140H,14-21,27-28,30-39,41,90-92H2,1-13H3,(H2,93,120)(H2,94,121)(H,103,127)(H,104,129)(H,105,136)(H,106,130)(H,107,125)(H,108,126)(H,109,132)(H,110,131)(H,111,135)(H,112,137)(H,113,128)(H,114,133)(H,115,134)(H,122,123)(H,138,139)(H4,95,96,100)(H4,97,98,101)/b29-26-/t48-,49+,51?,53-,54-,55-,56-,57-,58-,59-,60-,61-,62-,63-,64-,65?,69-,70-,71-,89?/m0/s1. The van der Waals surface area contributed by atoms with Crippen LogP contribution in [0.25, 0.3) is 0 Å². The van der Waals surface area contributed by atoms with E-state index in [1.807, 2.05) is 0 Å². The lowest BCUT2D eigenvalue weighted by Gasteiger charge is -2.40. The highest BCUT2D eigenvalue weighted by atomic mass is 16.4. The molecule has 1 aromatic rings. The maximum absolute atomic E-state index is 15.0. The van der Waals surface area contributed by atoms with Crippen LogP contribution in [0.3, 0.4) is 0 Å². The lowest BCUT2D eigenvalue weighted by molar-refractivity contribution is -0.154. The summed E-state index contributed by atoms with van der Waals surface area (Å²) in [6.07, 6.45) is -1.54. The first-order valence-corrected chi connectivity index (χ1v) is 46.7. The molecule has 1 heterocycles. The monoisotopic (exact) mass is 1980 g/mol. The van der Waals surface area contributed by atoms with Crippen molar-refractivity contribution < 1.29 is 117 Å². The zero-order chi connectivity index (χ0) is 106. The van der Waals surface area contributed by atoms with E-state index in [0.29, 0.717) is 17.7 Å². The molecule has 0 aliphatic carbocycles. The molecule has 51 nitrogen and oxygen atoms in total. The van der Waals surface area contributed by atoms with Crippen LogP contribution in [0.2, 0.25) is 0 Å². The molecule has 140 heavy (non-hydrogen) atoms. The molecule has 15 amide bonds. The topological polar surface area (TPSA) is 876 Å². The number of carbonyl (C=O) groups is 18. The molecular weight excluding hydrogens is 1830 g/mol. The summed E-state index contributed by atoms with van der Waals surface area (Å²) in [5, 5.41) is 120. The van der Waals surface area contributed by atoms with Crippen LogP contribution in [0.5, 0.6) is 5.75 Å². The first kappa shape index (κ1) is 123. The quantitative estimate of drug-likeness (QED) is 0.00947. The summed E-state index contributed by atoms with van der Waals surface area (Å²) < 4.78 is 0. The van der Waals surface area contributed by atoms with Crippen LogP contribution in [-0.2, 0) is 92.7 Å². The zero-order valence-corrected chi connectivity index (χ0v) is 81.8.